The van der Waals surface area contributed by atoms with Gasteiger partial charge < -0.3 is 15.0 Å². The highest BCUT2D eigenvalue weighted by atomic mass is 16.5. The number of ether oxygens (including phenoxy) is 1. The van der Waals surface area contributed by atoms with E-state index in [1.165, 1.54) is 0 Å². The van der Waals surface area contributed by atoms with Crippen LogP contribution in [0.3, 0.4) is 0 Å². The van der Waals surface area contributed by atoms with Crippen LogP contribution in [0.25, 0.3) is 11.0 Å². The van der Waals surface area contributed by atoms with Crippen LogP contribution in [0.1, 0.15) is 25.4 Å². The van der Waals surface area contributed by atoms with E-state index in [0.717, 1.165) is 46.4 Å². The molecule has 5 nitrogen and oxygen atoms in total. The summed E-state index contributed by atoms with van der Waals surface area (Å²) in [6.07, 6.45) is 0. The molecule has 0 bridgehead atoms. The fraction of sp³-hybridized carbons (Fsp3) is 0.333. The lowest BCUT2D eigenvalue weighted by Gasteiger charge is -2.10. The van der Waals surface area contributed by atoms with Crippen molar-refractivity contribution in [1.29, 1.82) is 0 Å². The summed E-state index contributed by atoms with van der Waals surface area (Å²) < 4.78 is 5.71. The Hall–Kier alpha value is -2.56. The van der Waals surface area contributed by atoms with Crippen molar-refractivity contribution < 1.29 is 4.74 Å². The highest BCUT2D eigenvalue weighted by molar-refractivity contribution is 5.89. The normalized spacial score (nSPS) is 11.2. The number of anilines is 2. The van der Waals surface area contributed by atoms with Crippen LogP contribution in [-0.4, -0.2) is 21.6 Å². The van der Waals surface area contributed by atoms with Crippen LogP contribution < -0.4 is 10.1 Å². The van der Waals surface area contributed by atoms with Crippen molar-refractivity contribution in [2.45, 2.75) is 27.7 Å². The van der Waals surface area contributed by atoms with Crippen LogP contribution in [0.2, 0.25) is 0 Å². The average molecular weight is 310 g/mol. The zero-order valence-corrected chi connectivity index (χ0v) is 14.0. The second-order valence-corrected chi connectivity index (χ2v) is 6.19. The van der Waals surface area contributed by atoms with Gasteiger partial charge in [-0.3, -0.25) is 0 Å². The lowest BCUT2D eigenvalue weighted by atomic mass is 10.2. The zero-order valence-electron chi connectivity index (χ0n) is 14.0. The maximum Gasteiger partial charge on any atom is 0.143 e. The third-order valence-corrected chi connectivity index (χ3v) is 3.43. The van der Waals surface area contributed by atoms with Crippen molar-refractivity contribution in [3.05, 3.63) is 41.9 Å². The van der Waals surface area contributed by atoms with E-state index in [1.807, 2.05) is 38.1 Å². The smallest absolute Gasteiger partial charge is 0.143 e. The van der Waals surface area contributed by atoms with E-state index < -0.39 is 0 Å². The highest BCUT2D eigenvalue weighted by Crippen LogP contribution is 2.25. The van der Waals surface area contributed by atoms with E-state index in [2.05, 4.69) is 40.2 Å². The summed E-state index contributed by atoms with van der Waals surface area (Å²) in [4.78, 5) is 12.2. The van der Waals surface area contributed by atoms with E-state index in [1.54, 1.807) is 0 Å². The van der Waals surface area contributed by atoms with Gasteiger partial charge in [0.15, 0.2) is 0 Å². The summed E-state index contributed by atoms with van der Waals surface area (Å²) >= 11 is 0. The molecule has 0 amide bonds. The lowest BCUT2D eigenvalue weighted by Crippen LogP contribution is -2.04. The molecule has 23 heavy (non-hydrogen) atoms. The summed E-state index contributed by atoms with van der Waals surface area (Å²) in [5, 5.41) is 4.36. The number of nitrogens with one attached hydrogen (secondary N) is 2. The molecule has 2 heterocycles. The van der Waals surface area contributed by atoms with Gasteiger partial charge in [0.25, 0.3) is 0 Å². The Morgan fingerprint density at radius 3 is 2.57 bits per heavy atom. The number of nitrogens with zero attached hydrogens (tertiary/aromatic N) is 2. The molecular weight excluding hydrogens is 288 g/mol. The van der Waals surface area contributed by atoms with Crippen LogP contribution in [0.5, 0.6) is 5.75 Å². The number of H-pyrrole nitrogens is 1. The Kier molecular flexibility index (Phi) is 4.19. The number of hydrogen-bond donors (Lipinski definition) is 2. The second-order valence-electron chi connectivity index (χ2n) is 6.19. The summed E-state index contributed by atoms with van der Waals surface area (Å²) in [5.41, 5.74) is 2.90. The van der Waals surface area contributed by atoms with E-state index in [-0.39, 0.29) is 0 Å². The Bertz CT molecular complexity index is 806. The number of fused-ring (bicyclic) bond motifs is 1. The van der Waals surface area contributed by atoms with Gasteiger partial charge in [-0.2, -0.15) is 0 Å². The lowest BCUT2D eigenvalue weighted by molar-refractivity contribution is 0.271. The molecule has 2 N–H and O–H groups in total. The monoisotopic (exact) mass is 310 g/mol. The predicted octanol–water partition coefficient (Wildman–Crippen LogP) is 4.35. The molecule has 0 aliphatic carbocycles. The molecule has 0 unspecified atom stereocenters. The Morgan fingerprint density at radius 1 is 1.13 bits per heavy atom. The van der Waals surface area contributed by atoms with Gasteiger partial charge in [-0.1, -0.05) is 13.8 Å². The van der Waals surface area contributed by atoms with Gasteiger partial charge in [0.2, 0.25) is 0 Å². The summed E-state index contributed by atoms with van der Waals surface area (Å²) in [6, 6.07) is 9.99. The average Bonchev–Trinajstić information content (AvgIpc) is 2.87. The van der Waals surface area contributed by atoms with Crippen molar-refractivity contribution in [2.75, 3.05) is 11.9 Å². The quantitative estimate of drug-likeness (QED) is 0.735. The molecule has 0 saturated carbocycles. The van der Waals surface area contributed by atoms with Crippen molar-refractivity contribution in [3.8, 4) is 5.75 Å². The third kappa shape index (κ3) is 3.62. The summed E-state index contributed by atoms with van der Waals surface area (Å²) in [7, 11) is 0. The van der Waals surface area contributed by atoms with Crippen molar-refractivity contribution in [1.82, 2.24) is 15.0 Å². The third-order valence-electron chi connectivity index (χ3n) is 3.43. The first-order valence-corrected chi connectivity index (χ1v) is 7.85. The molecule has 0 radical (unpaired) electrons. The first-order chi connectivity index (χ1) is 11.0. The molecule has 120 valence electrons. The minimum atomic E-state index is 0.516. The maximum absolute atomic E-state index is 5.71. The minimum Gasteiger partial charge on any atom is -0.493 e. The molecule has 0 spiro atoms. The molecule has 5 heteroatoms. The molecule has 0 fully saturated rings. The molecule has 3 rings (SSSR count). The molecule has 2 aromatic heterocycles. The molecule has 0 atom stereocenters. The number of hydrogen-bond acceptors (Lipinski definition) is 4. The van der Waals surface area contributed by atoms with Gasteiger partial charge in [-0.25, -0.2) is 9.97 Å². The van der Waals surface area contributed by atoms with E-state index in [0.29, 0.717) is 5.92 Å². The molecule has 0 saturated heterocycles. The van der Waals surface area contributed by atoms with Crippen LogP contribution in [0, 0.1) is 19.8 Å². The van der Waals surface area contributed by atoms with Crippen molar-refractivity contribution in [3.63, 3.8) is 0 Å². The number of aryl methyl sites for hydroxylation is 2. The number of rotatable bonds is 5. The van der Waals surface area contributed by atoms with Gasteiger partial charge in [-0.15, -0.1) is 0 Å². The number of benzene rings is 1. The Balaban J connectivity index is 1.82. The topological polar surface area (TPSA) is 62.8 Å². The first-order valence-electron chi connectivity index (χ1n) is 7.85. The molecular formula is C18H22N4O. The SMILES string of the molecule is Cc1nc(Nc2ccc(OCC(C)C)cc2)c2cc(C)[nH]c2n1. The molecule has 3 aromatic rings. The largest absolute Gasteiger partial charge is 0.493 e. The highest BCUT2D eigenvalue weighted by Gasteiger charge is 2.09. The minimum absolute atomic E-state index is 0.516. The fourth-order valence-corrected chi connectivity index (χ4v) is 2.38. The van der Waals surface area contributed by atoms with Crippen LogP contribution >= 0.6 is 0 Å². The van der Waals surface area contributed by atoms with Crippen molar-refractivity contribution in [2.24, 2.45) is 5.92 Å². The standard InChI is InChI=1S/C18H22N4O/c1-11(2)10-23-15-7-5-14(6-8-15)22-18-16-9-12(3)19-17(16)20-13(4)21-18/h5-9,11H,10H2,1-4H3,(H2,19,20,21,22). The Labute approximate surface area is 136 Å². The van der Waals surface area contributed by atoms with Gasteiger partial charge in [0, 0.05) is 11.4 Å². The second kappa shape index (κ2) is 6.28. The van der Waals surface area contributed by atoms with Crippen LogP contribution in [0.15, 0.2) is 30.3 Å². The zero-order chi connectivity index (χ0) is 16.4. The van der Waals surface area contributed by atoms with Gasteiger partial charge in [0.1, 0.15) is 23.0 Å². The van der Waals surface area contributed by atoms with Crippen LogP contribution in [-0.2, 0) is 0 Å². The first kappa shape index (κ1) is 15.3. The molecule has 0 aliphatic rings. The maximum atomic E-state index is 5.71. The number of aromatic amines is 1. The fourth-order valence-electron chi connectivity index (χ4n) is 2.38. The van der Waals surface area contributed by atoms with E-state index >= 15 is 0 Å². The van der Waals surface area contributed by atoms with Crippen molar-refractivity contribution >= 4 is 22.5 Å². The van der Waals surface area contributed by atoms with Gasteiger partial charge in [-0.05, 0) is 50.1 Å². The van der Waals surface area contributed by atoms with Gasteiger partial charge >= 0.3 is 0 Å². The van der Waals surface area contributed by atoms with E-state index in [4.69, 9.17) is 4.74 Å². The number of aromatic nitrogens is 3. The van der Waals surface area contributed by atoms with Crippen LogP contribution in [0.4, 0.5) is 11.5 Å². The predicted molar refractivity (Wildman–Crippen MR) is 93.4 cm³/mol. The molecule has 1 aromatic carbocycles. The van der Waals surface area contributed by atoms with E-state index in [9.17, 15) is 0 Å². The summed E-state index contributed by atoms with van der Waals surface area (Å²) in [5.74, 6) is 2.94. The Morgan fingerprint density at radius 2 is 1.87 bits per heavy atom. The summed E-state index contributed by atoms with van der Waals surface area (Å²) in [6.45, 7) is 8.90. The molecule has 0 aliphatic heterocycles. The van der Waals surface area contributed by atoms with Gasteiger partial charge in [0.05, 0.1) is 12.0 Å².